The van der Waals surface area contributed by atoms with E-state index < -0.39 is 40.8 Å². The zero-order valence-electron chi connectivity index (χ0n) is 25.1. The van der Waals surface area contributed by atoms with Crippen molar-refractivity contribution in [2.24, 2.45) is 5.92 Å². The third kappa shape index (κ3) is 5.67. The van der Waals surface area contributed by atoms with Gasteiger partial charge in [0, 0.05) is 16.5 Å². The molecule has 0 unspecified atom stereocenters. The van der Waals surface area contributed by atoms with Crippen LogP contribution in [-0.2, 0) is 25.7 Å². The number of imide groups is 1. The fraction of sp³-hybridized carbons (Fsp3) is 0.242. The van der Waals surface area contributed by atoms with Gasteiger partial charge < -0.3 is 19.5 Å². The van der Waals surface area contributed by atoms with Gasteiger partial charge >= 0.3 is 10.8 Å². The van der Waals surface area contributed by atoms with E-state index >= 15 is 0 Å². The number of nitrogens with one attached hydrogen (secondary N) is 1. The largest absolute Gasteiger partial charge is 0.497 e. The van der Waals surface area contributed by atoms with Crippen molar-refractivity contribution in [3.8, 4) is 11.5 Å². The van der Waals surface area contributed by atoms with Gasteiger partial charge in [0.25, 0.3) is 0 Å². The van der Waals surface area contributed by atoms with Gasteiger partial charge in [-0.05, 0) is 73.2 Å². The molecular weight excluding hydrogens is 631 g/mol. The summed E-state index contributed by atoms with van der Waals surface area (Å²) in [5, 5.41) is 2.41. The molecule has 6 rings (SSSR count). The molecule has 46 heavy (non-hydrogen) atoms. The van der Waals surface area contributed by atoms with E-state index in [0.717, 1.165) is 33.6 Å². The van der Waals surface area contributed by atoms with Crippen LogP contribution in [0.2, 0.25) is 0 Å². The number of esters is 1. The summed E-state index contributed by atoms with van der Waals surface area (Å²) >= 11 is 2.09. The fourth-order valence-corrected chi connectivity index (χ4v) is 8.43. The Labute approximate surface area is 272 Å². The van der Waals surface area contributed by atoms with Crippen molar-refractivity contribution in [2.45, 2.75) is 29.7 Å². The van der Waals surface area contributed by atoms with E-state index in [9.17, 15) is 24.0 Å². The van der Waals surface area contributed by atoms with Crippen LogP contribution in [0.25, 0.3) is 0 Å². The van der Waals surface area contributed by atoms with Crippen LogP contribution in [0.4, 0.5) is 11.4 Å². The molecule has 1 N–H and O–H groups in total. The summed E-state index contributed by atoms with van der Waals surface area (Å²) in [6.07, 6.45) is 0. The number of thioether (sulfide) groups is 1. The van der Waals surface area contributed by atoms with Crippen LogP contribution in [0, 0.1) is 5.92 Å². The smallest absolute Gasteiger partial charge is 0.338 e. The maximum Gasteiger partial charge on any atom is 0.338 e. The lowest BCUT2D eigenvalue weighted by Gasteiger charge is -2.30. The zero-order valence-corrected chi connectivity index (χ0v) is 26.7. The number of hydrogen-bond donors (Lipinski definition) is 1. The van der Waals surface area contributed by atoms with Gasteiger partial charge in [0.15, 0.2) is 0 Å². The van der Waals surface area contributed by atoms with Crippen molar-refractivity contribution in [1.82, 2.24) is 4.57 Å². The highest BCUT2D eigenvalue weighted by atomic mass is 32.2. The number of thiazole rings is 1. The second-order valence-corrected chi connectivity index (χ2v) is 12.6. The van der Waals surface area contributed by atoms with Gasteiger partial charge in [-0.2, -0.15) is 0 Å². The Morgan fingerprint density at radius 3 is 2.09 bits per heavy atom. The van der Waals surface area contributed by atoms with Crippen LogP contribution in [0.3, 0.4) is 0 Å². The Morgan fingerprint density at radius 2 is 1.48 bits per heavy atom. The molecule has 3 atom stereocenters. The molecule has 0 bridgehead atoms. The van der Waals surface area contributed by atoms with Crippen LogP contribution >= 0.6 is 23.1 Å². The van der Waals surface area contributed by atoms with Crippen molar-refractivity contribution in [3.05, 3.63) is 98.5 Å². The quantitative estimate of drug-likeness (QED) is 0.203. The molecule has 4 aromatic rings. The molecule has 11 nitrogen and oxygen atoms in total. The molecule has 3 heterocycles. The number of amides is 3. The summed E-state index contributed by atoms with van der Waals surface area (Å²) in [6.45, 7) is 1.64. The maximum absolute atomic E-state index is 14.1. The molecule has 2 aliphatic rings. The molecule has 0 aliphatic carbocycles. The number of benzene rings is 3. The Hall–Kier alpha value is -4.88. The lowest BCUT2D eigenvalue weighted by molar-refractivity contribution is -0.122. The van der Waals surface area contributed by atoms with Gasteiger partial charge in [-0.3, -0.25) is 23.7 Å². The number of methoxy groups -OCH3 is 2. The van der Waals surface area contributed by atoms with E-state index in [1.165, 1.54) is 16.7 Å². The van der Waals surface area contributed by atoms with Crippen LogP contribution in [0.5, 0.6) is 11.5 Å². The normalized spacial score (nSPS) is 18.5. The highest BCUT2D eigenvalue weighted by Gasteiger charge is 2.56. The van der Waals surface area contributed by atoms with Crippen molar-refractivity contribution in [3.63, 3.8) is 0 Å². The molecule has 3 aromatic carbocycles. The predicted octanol–water partition coefficient (Wildman–Crippen LogP) is 4.54. The summed E-state index contributed by atoms with van der Waals surface area (Å²) < 4.78 is 16.9. The van der Waals surface area contributed by atoms with Crippen molar-refractivity contribution in [1.29, 1.82) is 0 Å². The van der Waals surface area contributed by atoms with E-state index in [-0.39, 0.29) is 18.0 Å². The van der Waals surface area contributed by atoms with E-state index in [0.29, 0.717) is 38.3 Å². The SMILES string of the molecule is CCOC(=O)c1ccc(N2C(=O)[C@H]3[C@H](c4ccc(OC)cc4)c4sc(=O)n(CC(=O)Nc5ccc(OC)cc5)c4S[C@H]3C2=O)cc1. The Balaban J connectivity index is 1.36. The summed E-state index contributed by atoms with van der Waals surface area (Å²) in [6, 6.07) is 20.1. The van der Waals surface area contributed by atoms with Crippen LogP contribution in [0.1, 0.15) is 33.6 Å². The first kappa shape index (κ1) is 31.1. The number of hydrogen-bond acceptors (Lipinski definition) is 10. The number of carbonyl (C=O) groups is 4. The van der Waals surface area contributed by atoms with Gasteiger partial charge in [0.1, 0.15) is 23.3 Å². The second-order valence-electron chi connectivity index (χ2n) is 10.5. The third-order valence-corrected chi connectivity index (χ3v) is 10.4. The third-order valence-electron chi connectivity index (χ3n) is 7.84. The molecular formula is C33H29N3O8S2. The minimum absolute atomic E-state index is 0.218. The molecule has 1 fully saturated rings. The lowest BCUT2D eigenvalue weighted by Crippen LogP contribution is -2.33. The van der Waals surface area contributed by atoms with Crippen molar-refractivity contribution >= 4 is 58.2 Å². The minimum atomic E-state index is -0.860. The van der Waals surface area contributed by atoms with Gasteiger partial charge in [0.05, 0.1) is 43.0 Å². The van der Waals surface area contributed by atoms with E-state index in [4.69, 9.17) is 14.2 Å². The Bertz CT molecular complexity index is 1870. The number of carbonyl (C=O) groups excluding carboxylic acids is 4. The first-order valence-electron chi connectivity index (χ1n) is 14.4. The van der Waals surface area contributed by atoms with Crippen LogP contribution < -0.4 is 24.6 Å². The summed E-state index contributed by atoms with van der Waals surface area (Å²) in [4.78, 5) is 68.2. The monoisotopic (exact) mass is 659 g/mol. The van der Waals surface area contributed by atoms with Crippen molar-refractivity contribution < 1.29 is 33.4 Å². The number of nitrogens with zero attached hydrogens (tertiary/aromatic N) is 2. The van der Waals surface area contributed by atoms with Crippen molar-refractivity contribution in [2.75, 3.05) is 31.0 Å². The fourth-order valence-electron chi connectivity index (χ4n) is 5.66. The average Bonchev–Trinajstić information content (AvgIpc) is 3.51. The summed E-state index contributed by atoms with van der Waals surface area (Å²) in [5.41, 5.74) is 1.89. The van der Waals surface area contributed by atoms with E-state index in [1.54, 1.807) is 69.7 Å². The Morgan fingerprint density at radius 1 is 0.848 bits per heavy atom. The molecule has 236 valence electrons. The zero-order chi connectivity index (χ0) is 32.5. The number of ether oxygens (including phenoxy) is 3. The average molecular weight is 660 g/mol. The molecule has 1 saturated heterocycles. The Kier molecular flexibility index (Phi) is 8.69. The van der Waals surface area contributed by atoms with Gasteiger partial charge in [-0.25, -0.2) is 9.69 Å². The molecule has 1 aromatic heterocycles. The molecule has 0 spiro atoms. The summed E-state index contributed by atoms with van der Waals surface area (Å²) in [7, 11) is 3.10. The van der Waals surface area contributed by atoms with E-state index in [1.807, 2.05) is 12.1 Å². The maximum atomic E-state index is 14.1. The first-order chi connectivity index (χ1) is 22.2. The molecule has 3 amide bonds. The molecule has 0 radical (unpaired) electrons. The number of aromatic nitrogens is 1. The lowest BCUT2D eigenvalue weighted by atomic mass is 9.83. The van der Waals surface area contributed by atoms with Gasteiger partial charge in [-0.1, -0.05) is 35.2 Å². The second kappa shape index (κ2) is 12.9. The van der Waals surface area contributed by atoms with Crippen LogP contribution in [0.15, 0.2) is 82.6 Å². The number of fused-ring (bicyclic) bond motifs is 2. The molecule has 13 heteroatoms. The highest BCUT2D eigenvalue weighted by Crippen LogP contribution is 2.54. The minimum Gasteiger partial charge on any atom is -0.497 e. The number of anilines is 2. The predicted molar refractivity (Wildman–Crippen MR) is 173 cm³/mol. The van der Waals surface area contributed by atoms with Gasteiger partial charge in [0.2, 0.25) is 17.7 Å². The topological polar surface area (TPSA) is 133 Å². The highest BCUT2D eigenvalue weighted by molar-refractivity contribution is 8.00. The standard InChI is InChI=1S/C33H29N3O8S2/c1-4-44-32(40)19-5-11-21(12-6-19)36-29(38)26-25(18-7-13-22(42-2)14-8-18)28-31(45-27(26)30(36)39)35(33(41)46-28)17-24(37)34-20-9-15-23(43-3)16-10-20/h5-16,25-27H,4,17H2,1-3H3,(H,34,37)/t25-,26-,27+/m0/s1. The molecule has 0 saturated carbocycles. The van der Waals surface area contributed by atoms with Gasteiger partial charge in [-0.15, -0.1) is 0 Å². The van der Waals surface area contributed by atoms with Crippen LogP contribution in [-0.4, -0.2) is 54.3 Å². The molecule has 2 aliphatic heterocycles. The number of rotatable bonds is 9. The first-order valence-corrected chi connectivity index (χ1v) is 16.1. The van der Waals surface area contributed by atoms with E-state index in [2.05, 4.69) is 5.32 Å². The summed E-state index contributed by atoms with van der Waals surface area (Å²) in [5.74, 6) is -1.98.